The zero-order chi connectivity index (χ0) is 12.4. The molecule has 87 valence electrons. The second kappa shape index (κ2) is 5.07. The van der Waals surface area contributed by atoms with Gasteiger partial charge in [0.15, 0.2) is 0 Å². The summed E-state index contributed by atoms with van der Waals surface area (Å²) in [4.78, 5) is 4.37. The topological polar surface area (TPSA) is 22.1 Å². The van der Waals surface area contributed by atoms with Crippen molar-refractivity contribution in [2.75, 3.05) is 7.11 Å². The van der Waals surface area contributed by atoms with Crippen LogP contribution >= 0.6 is 27.5 Å². The summed E-state index contributed by atoms with van der Waals surface area (Å²) in [6.45, 7) is 3.84. The maximum absolute atomic E-state index is 6.22. The van der Waals surface area contributed by atoms with Gasteiger partial charge in [-0.3, -0.25) is 0 Å². The van der Waals surface area contributed by atoms with E-state index in [1.807, 2.05) is 30.3 Å². The first-order valence-electron chi connectivity index (χ1n) is 4.95. The van der Waals surface area contributed by atoms with Crippen LogP contribution in [-0.2, 0) is 0 Å². The Balaban J connectivity index is 2.57. The molecule has 0 N–H and O–H groups in total. The van der Waals surface area contributed by atoms with Gasteiger partial charge in [-0.05, 0) is 35.0 Å². The highest BCUT2D eigenvalue weighted by Crippen LogP contribution is 2.33. The van der Waals surface area contributed by atoms with Crippen molar-refractivity contribution in [1.29, 1.82) is 0 Å². The number of nitrogens with zero attached hydrogens (tertiary/aromatic N) is 1. The van der Waals surface area contributed by atoms with Crippen molar-refractivity contribution in [3.05, 3.63) is 52.3 Å². The van der Waals surface area contributed by atoms with Crippen LogP contribution in [0.4, 0.5) is 0 Å². The number of methoxy groups -OCH3 is 1. The van der Waals surface area contributed by atoms with E-state index in [2.05, 4.69) is 27.8 Å². The minimum absolute atomic E-state index is 0.513. The monoisotopic (exact) mass is 310 g/mol. The fourth-order valence-corrected chi connectivity index (χ4v) is 2.09. The van der Waals surface area contributed by atoms with E-state index in [-0.39, 0.29) is 0 Å². The van der Waals surface area contributed by atoms with Crippen molar-refractivity contribution in [3.63, 3.8) is 0 Å². The van der Waals surface area contributed by atoms with Crippen LogP contribution in [-0.4, -0.2) is 12.1 Å². The Hall–Kier alpha value is -1.06. The highest BCUT2D eigenvalue weighted by molar-refractivity contribution is 9.10. The molecule has 0 aliphatic heterocycles. The van der Waals surface area contributed by atoms with Gasteiger partial charge in [-0.15, -0.1) is 0 Å². The van der Waals surface area contributed by atoms with Crippen LogP contribution in [0, 0.1) is 6.92 Å². The van der Waals surface area contributed by atoms with Crippen LogP contribution in [0.5, 0.6) is 5.88 Å². The van der Waals surface area contributed by atoms with Gasteiger partial charge in [0.2, 0.25) is 5.88 Å². The zero-order valence-corrected chi connectivity index (χ0v) is 11.5. The van der Waals surface area contributed by atoms with Crippen LogP contribution in [0.3, 0.4) is 0 Å². The molecule has 0 atom stereocenters. The van der Waals surface area contributed by atoms with Gasteiger partial charge in [0, 0.05) is 15.6 Å². The molecule has 0 bridgehead atoms. The first-order valence-corrected chi connectivity index (χ1v) is 6.12. The summed E-state index contributed by atoms with van der Waals surface area (Å²) < 4.78 is 5.99. The molecule has 1 aromatic carbocycles. The van der Waals surface area contributed by atoms with Crippen LogP contribution in [0.25, 0.3) is 11.3 Å². The van der Waals surface area contributed by atoms with Gasteiger partial charge in [-0.2, -0.15) is 0 Å². The molecule has 0 saturated carbocycles. The summed E-state index contributed by atoms with van der Waals surface area (Å²) in [6.07, 6.45) is 0. The number of benzene rings is 1. The van der Waals surface area contributed by atoms with E-state index < -0.39 is 0 Å². The summed E-state index contributed by atoms with van der Waals surface area (Å²) in [6, 6.07) is 9.45. The Morgan fingerprint density at radius 3 is 2.76 bits per heavy atom. The van der Waals surface area contributed by atoms with Crippen molar-refractivity contribution in [1.82, 2.24) is 4.98 Å². The van der Waals surface area contributed by atoms with Gasteiger partial charge in [-0.1, -0.05) is 29.8 Å². The van der Waals surface area contributed by atoms with Crippen molar-refractivity contribution in [3.8, 4) is 17.1 Å². The van der Waals surface area contributed by atoms with E-state index in [0.29, 0.717) is 10.9 Å². The third-order valence-electron chi connectivity index (χ3n) is 2.36. The molecule has 4 heteroatoms. The number of hydrogen-bond acceptors (Lipinski definition) is 2. The summed E-state index contributed by atoms with van der Waals surface area (Å²) >= 11 is 9.61. The Morgan fingerprint density at radius 2 is 2.06 bits per heavy atom. The predicted molar refractivity (Wildman–Crippen MR) is 73.4 cm³/mol. The lowest BCUT2D eigenvalue weighted by Gasteiger charge is -2.08. The van der Waals surface area contributed by atoms with Crippen LogP contribution in [0.2, 0.25) is 5.02 Å². The van der Waals surface area contributed by atoms with Gasteiger partial charge in [0.25, 0.3) is 0 Å². The SMILES string of the molecule is [CH2]c1ccc(-c2cccc(Br)c2Cl)nc1OC. The average molecular weight is 312 g/mol. The summed E-state index contributed by atoms with van der Waals surface area (Å²) in [5.74, 6) is 0.513. The molecule has 0 amide bonds. The van der Waals surface area contributed by atoms with E-state index in [1.165, 1.54) is 0 Å². The lowest BCUT2D eigenvalue weighted by Crippen LogP contribution is -1.93. The molecule has 0 aliphatic carbocycles. The number of aromatic nitrogens is 1. The zero-order valence-electron chi connectivity index (χ0n) is 9.21. The molecule has 2 rings (SSSR count). The van der Waals surface area contributed by atoms with E-state index in [9.17, 15) is 0 Å². The van der Waals surface area contributed by atoms with Crippen LogP contribution in [0.1, 0.15) is 5.56 Å². The third kappa shape index (κ3) is 2.45. The van der Waals surface area contributed by atoms with E-state index in [0.717, 1.165) is 21.3 Å². The molecule has 0 unspecified atom stereocenters. The molecule has 0 spiro atoms. The largest absolute Gasteiger partial charge is 0.481 e. The standard InChI is InChI=1S/C13H10BrClNO/c1-8-6-7-11(16-13(8)17-2)9-4-3-5-10(14)12(9)15/h3-7H,1H2,2H3. The number of halogens is 2. The average Bonchev–Trinajstić information content (AvgIpc) is 2.34. The molecule has 0 fully saturated rings. The molecule has 17 heavy (non-hydrogen) atoms. The quantitative estimate of drug-likeness (QED) is 0.822. The Kier molecular flexibility index (Phi) is 3.69. The fourth-order valence-electron chi connectivity index (χ4n) is 1.50. The normalized spacial score (nSPS) is 10.4. The Bertz CT molecular complexity index is 557. The third-order valence-corrected chi connectivity index (χ3v) is 3.66. The number of pyridine rings is 1. The first-order chi connectivity index (χ1) is 8.13. The van der Waals surface area contributed by atoms with Gasteiger partial charge in [0.1, 0.15) is 0 Å². The second-order valence-corrected chi connectivity index (χ2v) is 4.70. The van der Waals surface area contributed by atoms with Crippen molar-refractivity contribution < 1.29 is 4.74 Å². The first kappa shape index (κ1) is 12.4. The summed E-state index contributed by atoms with van der Waals surface area (Å²) in [5, 5.41) is 0.638. The van der Waals surface area contributed by atoms with E-state index in [4.69, 9.17) is 16.3 Å². The minimum Gasteiger partial charge on any atom is -0.481 e. The van der Waals surface area contributed by atoms with E-state index >= 15 is 0 Å². The lowest BCUT2D eigenvalue weighted by molar-refractivity contribution is 0.396. The molecule has 1 aromatic heterocycles. The fraction of sp³-hybridized carbons (Fsp3) is 0.0769. The van der Waals surface area contributed by atoms with Gasteiger partial charge in [-0.25, -0.2) is 4.98 Å². The van der Waals surface area contributed by atoms with Crippen molar-refractivity contribution in [2.24, 2.45) is 0 Å². The van der Waals surface area contributed by atoms with Crippen molar-refractivity contribution >= 4 is 27.5 Å². The maximum atomic E-state index is 6.22. The number of rotatable bonds is 2. The van der Waals surface area contributed by atoms with Crippen LogP contribution < -0.4 is 4.74 Å². The molecule has 0 aliphatic rings. The predicted octanol–water partition coefficient (Wildman–Crippen LogP) is 4.36. The second-order valence-electron chi connectivity index (χ2n) is 3.47. The van der Waals surface area contributed by atoms with Crippen LogP contribution in [0.15, 0.2) is 34.8 Å². The van der Waals surface area contributed by atoms with Crippen molar-refractivity contribution in [2.45, 2.75) is 0 Å². The molecule has 2 nitrogen and oxygen atoms in total. The number of hydrogen-bond donors (Lipinski definition) is 0. The molecular weight excluding hydrogens is 302 g/mol. The number of ether oxygens (including phenoxy) is 1. The summed E-state index contributed by atoms with van der Waals surface area (Å²) in [7, 11) is 1.57. The highest BCUT2D eigenvalue weighted by Gasteiger charge is 2.09. The Labute approximate surface area is 114 Å². The smallest absolute Gasteiger partial charge is 0.216 e. The molecule has 0 saturated heterocycles. The minimum atomic E-state index is 0.513. The van der Waals surface area contributed by atoms with Gasteiger partial charge < -0.3 is 4.74 Å². The van der Waals surface area contributed by atoms with E-state index in [1.54, 1.807) is 7.11 Å². The molecule has 1 heterocycles. The molecule has 2 aromatic rings. The lowest BCUT2D eigenvalue weighted by atomic mass is 10.1. The Morgan fingerprint density at radius 1 is 1.29 bits per heavy atom. The molecular formula is C13H10BrClNO. The van der Waals surface area contributed by atoms with Gasteiger partial charge >= 0.3 is 0 Å². The molecule has 1 radical (unpaired) electrons. The highest BCUT2D eigenvalue weighted by atomic mass is 79.9. The van der Waals surface area contributed by atoms with Gasteiger partial charge in [0.05, 0.1) is 17.8 Å². The summed E-state index contributed by atoms with van der Waals surface area (Å²) in [5.41, 5.74) is 2.38. The maximum Gasteiger partial charge on any atom is 0.216 e.